The van der Waals surface area contributed by atoms with E-state index in [0.29, 0.717) is 12.3 Å². The molecule has 1 fully saturated rings. The number of likely N-dealkylation sites (tertiary alicyclic amines) is 1. The number of amides is 1. The Balaban J connectivity index is 2.03. The van der Waals surface area contributed by atoms with Crippen LogP contribution in [0.5, 0.6) is 0 Å². The van der Waals surface area contributed by atoms with Gasteiger partial charge in [0, 0.05) is 25.2 Å². The number of hydrogen-bond donors (Lipinski definition) is 0. The van der Waals surface area contributed by atoms with Crippen LogP contribution in [-0.4, -0.2) is 37.5 Å². The van der Waals surface area contributed by atoms with E-state index in [1.54, 1.807) is 0 Å². The fraction of sp³-hybridized carbons (Fsp3) is 0.562. The van der Waals surface area contributed by atoms with Gasteiger partial charge in [-0.3, -0.25) is 4.79 Å². The third-order valence-electron chi connectivity index (χ3n) is 3.88. The van der Waals surface area contributed by atoms with Crippen LogP contribution in [0.4, 0.5) is 5.69 Å². The van der Waals surface area contributed by atoms with Crippen molar-refractivity contribution in [2.75, 3.05) is 31.6 Å². The molecule has 1 aromatic rings. The highest BCUT2D eigenvalue weighted by molar-refractivity contribution is 5.93. The van der Waals surface area contributed by atoms with Crippen LogP contribution in [0.3, 0.4) is 0 Å². The Labute approximate surface area is 116 Å². The first-order chi connectivity index (χ1) is 9.10. The molecule has 0 aliphatic carbocycles. The van der Waals surface area contributed by atoms with Gasteiger partial charge < -0.3 is 9.80 Å². The molecule has 1 aliphatic heterocycles. The molecule has 1 unspecified atom stereocenters. The number of benzene rings is 1. The molecule has 3 nitrogen and oxygen atoms in total. The maximum Gasteiger partial charge on any atom is 0.227 e. The van der Waals surface area contributed by atoms with Crippen LogP contribution in [0.1, 0.15) is 25.3 Å². The zero-order valence-corrected chi connectivity index (χ0v) is 12.2. The average Bonchev–Trinajstić information content (AvgIpc) is 2.75. The van der Waals surface area contributed by atoms with Crippen LogP contribution >= 0.6 is 0 Å². The number of nitrogens with zero attached hydrogens (tertiary/aromatic N) is 2. The van der Waals surface area contributed by atoms with Crippen molar-refractivity contribution in [3.05, 3.63) is 29.8 Å². The van der Waals surface area contributed by atoms with E-state index in [0.717, 1.165) is 31.7 Å². The highest BCUT2D eigenvalue weighted by Crippen LogP contribution is 2.22. The smallest absolute Gasteiger partial charge is 0.227 e. The summed E-state index contributed by atoms with van der Waals surface area (Å²) in [6.45, 7) is 7.02. The Hall–Kier alpha value is -1.35. The fourth-order valence-electron chi connectivity index (χ4n) is 2.85. The number of rotatable bonds is 4. The van der Waals surface area contributed by atoms with Gasteiger partial charge >= 0.3 is 0 Å². The summed E-state index contributed by atoms with van der Waals surface area (Å²) in [5.74, 6) is 0.782. The second-order valence-corrected chi connectivity index (χ2v) is 5.60. The Morgan fingerprint density at radius 3 is 2.84 bits per heavy atom. The van der Waals surface area contributed by atoms with Gasteiger partial charge in [0.1, 0.15) is 0 Å². The van der Waals surface area contributed by atoms with Crippen molar-refractivity contribution in [1.29, 1.82) is 0 Å². The maximum atomic E-state index is 12.5. The SMILES string of the molecule is CCN(C(=O)CC1CCN(C)C1)c1cccc(C)c1. The molecule has 1 saturated heterocycles. The van der Waals surface area contributed by atoms with Crippen molar-refractivity contribution in [3.63, 3.8) is 0 Å². The Morgan fingerprint density at radius 2 is 2.26 bits per heavy atom. The lowest BCUT2D eigenvalue weighted by Crippen LogP contribution is -2.32. The third-order valence-corrected chi connectivity index (χ3v) is 3.88. The van der Waals surface area contributed by atoms with E-state index in [2.05, 4.69) is 31.0 Å². The molecular formula is C16H24N2O. The van der Waals surface area contributed by atoms with Gasteiger partial charge in [0.15, 0.2) is 0 Å². The normalized spacial score (nSPS) is 19.6. The molecular weight excluding hydrogens is 236 g/mol. The van der Waals surface area contributed by atoms with Gasteiger partial charge in [0.05, 0.1) is 0 Å². The number of anilines is 1. The van der Waals surface area contributed by atoms with Crippen LogP contribution in [0, 0.1) is 12.8 Å². The first kappa shape index (κ1) is 14.1. The summed E-state index contributed by atoms with van der Waals surface area (Å²) in [5.41, 5.74) is 2.23. The zero-order chi connectivity index (χ0) is 13.8. The summed E-state index contributed by atoms with van der Waals surface area (Å²) in [4.78, 5) is 16.7. The lowest BCUT2D eigenvalue weighted by Gasteiger charge is -2.23. The lowest BCUT2D eigenvalue weighted by molar-refractivity contribution is -0.119. The minimum Gasteiger partial charge on any atom is -0.313 e. The van der Waals surface area contributed by atoms with Gasteiger partial charge in [-0.15, -0.1) is 0 Å². The van der Waals surface area contributed by atoms with Gasteiger partial charge in [-0.05, 0) is 57.5 Å². The molecule has 0 spiro atoms. The van der Waals surface area contributed by atoms with Crippen LogP contribution in [0.15, 0.2) is 24.3 Å². The number of aryl methyl sites for hydroxylation is 1. The lowest BCUT2D eigenvalue weighted by atomic mass is 10.0. The minimum atomic E-state index is 0.258. The molecule has 104 valence electrons. The molecule has 1 aliphatic rings. The van der Waals surface area contributed by atoms with E-state index in [-0.39, 0.29) is 5.91 Å². The maximum absolute atomic E-state index is 12.5. The van der Waals surface area contributed by atoms with Crippen molar-refractivity contribution in [3.8, 4) is 0 Å². The molecule has 0 radical (unpaired) electrons. The topological polar surface area (TPSA) is 23.6 Å². The van der Waals surface area contributed by atoms with E-state index in [4.69, 9.17) is 0 Å². The van der Waals surface area contributed by atoms with Crippen LogP contribution in [-0.2, 0) is 4.79 Å². The van der Waals surface area contributed by atoms with Gasteiger partial charge in [-0.2, -0.15) is 0 Å². The molecule has 0 N–H and O–H groups in total. The summed E-state index contributed by atoms with van der Waals surface area (Å²) in [6.07, 6.45) is 1.82. The van der Waals surface area contributed by atoms with Crippen molar-refractivity contribution >= 4 is 11.6 Å². The largest absolute Gasteiger partial charge is 0.313 e. The second-order valence-electron chi connectivity index (χ2n) is 5.60. The van der Waals surface area contributed by atoms with Crippen molar-refractivity contribution < 1.29 is 4.79 Å². The van der Waals surface area contributed by atoms with Crippen LogP contribution < -0.4 is 4.90 Å². The monoisotopic (exact) mass is 260 g/mol. The van der Waals surface area contributed by atoms with Crippen molar-refractivity contribution in [2.45, 2.75) is 26.7 Å². The number of carbonyl (C=O) groups excluding carboxylic acids is 1. The first-order valence-electron chi connectivity index (χ1n) is 7.15. The number of hydrogen-bond acceptors (Lipinski definition) is 2. The van der Waals surface area contributed by atoms with E-state index in [1.165, 1.54) is 5.56 Å². The summed E-state index contributed by atoms with van der Waals surface area (Å²) in [7, 11) is 2.13. The summed E-state index contributed by atoms with van der Waals surface area (Å²) >= 11 is 0. The Morgan fingerprint density at radius 1 is 1.47 bits per heavy atom. The molecule has 0 bridgehead atoms. The number of carbonyl (C=O) groups is 1. The third kappa shape index (κ3) is 3.57. The molecule has 2 rings (SSSR count). The van der Waals surface area contributed by atoms with E-state index in [9.17, 15) is 4.79 Å². The van der Waals surface area contributed by atoms with Crippen LogP contribution in [0.25, 0.3) is 0 Å². The molecule has 1 heterocycles. The Bertz CT molecular complexity index is 444. The molecule has 1 aromatic carbocycles. The predicted octanol–water partition coefficient (Wildman–Crippen LogP) is 2.69. The zero-order valence-electron chi connectivity index (χ0n) is 12.2. The minimum absolute atomic E-state index is 0.258. The quantitative estimate of drug-likeness (QED) is 0.831. The van der Waals surface area contributed by atoms with E-state index >= 15 is 0 Å². The van der Waals surface area contributed by atoms with Crippen LogP contribution in [0.2, 0.25) is 0 Å². The fourth-order valence-corrected chi connectivity index (χ4v) is 2.85. The van der Waals surface area contributed by atoms with Crippen molar-refractivity contribution in [1.82, 2.24) is 4.90 Å². The summed E-state index contributed by atoms with van der Waals surface area (Å²) in [6, 6.07) is 8.19. The highest BCUT2D eigenvalue weighted by atomic mass is 16.2. The average molecular weight is 260 g/mol. The Kier molecular flexibility index (Phi) is 4.59. The molecule has 3 heteroatoms. The molecule has 0 aromatic heterocycles. The molecule has 0 saturated carbocycles. The molecule has 1 amide bonds. The summed E-state index contributed by atoms with van der Waals surface area (Å²) in [5, 5.41) is 0. The summed E-state index contributed by atoms with van der Waals surface area (Å²) < 4.78 is 0. The molecule has 1 atom stereocenters. The molecule has 19 heavy (non-hydrogen) atoms. The second kappa shape index (κ2) is 6.20. The van der Waals surface area contributed by atoms with Crippen molar-refractivity contribution in [2.24, 2.45) is 5.92 Å². The van der Waals surface area contributed by atoms with Gasteiger partial charge in [0.25, 0.3) is 0 Å². The standard InChI is InChI=1S/C16H24N2O/c1-4-18(15-7-5-6-13(2)10-15)16(19)11-14-8-9-17(3)12-14/h5-7,10,14H,4,8-9,11-12H2,1-3H3. The predicted molar refractivity (Wildman–Crippen MR) is 79.4 cm³/mol. The highest BCUT2D eigenvalue weighted by Gasteiger charge is 2.24. The van der Waals surface area contributed by atoms with Gasteiger partial charge in [0.2, 0.25) is 5.91 Å². The first-order valence-corrected chi connectivity index (χ1v) is 7.15. The van der Waals surface area contributed by atoms with Gasteiger partial charge in [-0.1, -0.05) is 12.1 Å². The van der Waals surface area contributed by atoms with E-state index in [1.807, 2.05) is 24.0 Å². The van der Waals surface area contributed by atoms with E-state index < -0.39 is 0 Å². The van der Waals surface area contributed by atoms with Gasteiger partial charge in [-0.25, -0.2) is 0 Å².